The molecule has 3 aliphatic rings. The summed E-state index contributed by atoms with van der Waals surface area (Å²) in [6.07, 6.45) is 2.37. The number of halogens is 3. The van der Waals surface area contributed by atoms with Gasteiger partial charge in [-0.2, -0.15) is 21.6 Å². The van der Waals surface area contributed by atoms with Gasteiger partial charge in [0.15, 0.2) is 12.0 Å². The normalized spacial score (nSPS) is 21.3. The van der Waals surface area contributed by atoms with E-state index in [9.17, 15) is 31.2 Å². The van der Waals surface area contributed by atoms with Crippen LogP contribution in [0.4, 0.5) is 13.2 Å². The number of benzene rings is 2. The molecule has 3 heterocycles. The second kappa shape index (κ2) is 16.7. The van der Waals surface area contributed by atoms with E-state index in [1.54, 1.807) is 19.9 Å². The van der Waals surface area contributed by atoms with Crippen molar-refractivity contribution in [3.8, 4) is 5.75 Å². The van der Waals surface area contributed by atoms with Crippen molar-refractivity contribution >= 4 is 49.3 Å². The molecular weight excluding hydrogens is 766 g/mol. The first-order chi connectivity index (χ1) is 25.7. The number of carbonyl (C=O) groups is 2. The average Bonchev–Trinajstić information content (AvgIpc) is 3.52. The Morgan fingerprint density at radius 3 is 1.26 bits per heavy atom. The lowest BCUT2D eigenvalue weighted by Gasteiger charge is -2.32. The zero-order valence-electron chi connectivity index (χ0n) is 36.1. The zero-order chi connectivity index (χ0) is 44.0. The lowest BCUT2D eigenvalue weighted by molar-refractivity contribution is -0.0500. The van der Waals surface area contributed by atoms with Crippen molar-refractivity contribution in [3.63, 3.8) is 0 Å². The Balaban J connectivity index is 0.000000229. The first kappa shape index (κ1) is 48.6. The fourth-order valence-corrected chi connectivity index (χ4v) is 6.47. The van der Waals surface area contributed by atoms with E-state index in [1.807, 2.05) is 96.1 Å². The Bertz CT molecular complexity index is 1830. The van der Waals surface area contributed by atoms with Crippen LogP contribution in [0.5, 0.6) is 5.75 Å². The number of carbonyl (C=O) groups excluding carboxylic acids is 2. The Hall–Kier alpha value is -2.73. The summed E-state index contributed by atoms with van der Waals surface area (Å²) in [6.45, 7) is 31.6. The van der Waals surface area contributed by atoms with E-state index < -0.39 is 53.7 Å². The number of hydrogen-bond donors (Lipinski definition) is 0. The van der Waals surface area contributed by atoms with Crippen molar-refractivity contribution in [2.75, 3.05) is 0 Å². The highest BCUT2D eigenvalue weighted by Crippen LogP contribution is 2.43. The summed E-state index contributed by atoms with van der Waals surface area (Å²) in [5.74, 6) is -0.607. The number of rotatable bonds is 8. The van der Waals surface area contributed by atoms with E-state index in [0.717, 1.165) is 35.4 Å². The van der Waals surface area contributed by atoms with Crippen molar-refractivity contribution in [2.45, 2.75) is 163 Å². The first-order valence-electron chi connectivity index (χ1n) is 19.0. The van der Waals surface area contributed by atoms with Crippen LogP contribution < -0.4 is 9.65 Å². The van der Waals surface area contributed by atoms with Crippen LogP contribution in [0.1, 0.15) is 140 Å². The second-order valence-electron chi connectivity index (χ2n) is 17.5. The van der Waals surface area contributed by atoms with Crippen molar-refractivity contribution < 1.29 is 63.3 Å². The molecule has 5 rings (SSSR count). The fraction of sp³-hybridized carbons (Fsp3) is 0.641. The molecule has 316 valence electrons. The standard InChI is InChI=1S/C16H23BO3.C12H24B2O4.C11H11F3O4S/c1-7-12-8-11(2)9-14(13(12)10-18)17-19-15(3,4)16(5,6)20-17;1-9(2)10(3,4)16-13(15-9)14-17-11(5,6)12(7,8)18-14;1-3-8-4-7(2)5-10(9(8)6-15)18-19(16,17)11(12,13)14/h8-10H,7H2,1-6H3;1-8H3;4-6H,3H2,1-2H3. The SMILES string of the molecule is CC1(C)OB(B2OC(C)(C)C(C)(C)O2)OC1(C)C.CCc1cc(C)cc(B2OC(C)(C)C(C)(C)O2)c1C=O.CCc1cc(C)cc(OS(=O)(=O)C(F)(F)F)c1C=O. The van der Waals surface area contributed by atoms with Gasteiger partial charge in [0.1, 0.15) is 6.29 Å². The molecule has 0 aromatic heterocycles. The Kier molecular flexibility index (Phi) is 14.3. The molecule has 0 N–H and O–H groups in total. The van der Waals surface area contributed by atoms with Gasteiger partial charge in [-0.1, -0.05) is 37.6 Å². The van der Waals surface area contributed by atoms with Gasteiger partial charge in [-0.05, 0) is 138 Å². The number of aldehydes is 2. The van der Waals surface area contributed by atoms with Crippen LogP contribution in [0.15, 0.2) is 24.3 Å². The summed E-state index contributed by atoms with van der Waals surface area (Å²) < 4.78 is 98.6. The minimum Gasteiger partial charge on any atom is -0.405 e. The quantitative estimate of drug-likeness (QED) is 0.113. The first-order valence-corrected chi connectivity index (χ1v) is 20.4. The summed E-state index contributed by atoms with van der Waals surface area (Å²) in [4.78, 5) is 22.4. The summed E-state index contributed by atoms with van der Waals surface area (Å²) >= 11 is 0. The van der Waals surface area contributed by atoms with Gasteiger partial charge < -0.3 is 32.1 Å². The van der Waals surface area contributed by atoms with Gasteiger partial charge in [0.2, 0.25) is 0 Å². The molecule has 2 aromatic rings. The van der Waals surface area contributed by atoms with Crippen molar-refractivity contribution in [3.05, 3.63) is 57.6 Å². The molecule has 0 saturated carbocycles. The van der Waals surface area contributed by atoms with Gasteiger partial charge in [-0.25, -0.2) is 0 Å². The van der Waals surface area contributed by atoms with Gasteiger partial charge in [-0.15, -0.1) is 0 Å². The monoisotopic (exact) mass is 824 g/mol. The lowest BCUT2D eigenvalue weighted by atomic mass is 9.49. The lowest BCUT2D eigenvalue weighted by Crippen LogP contribution is -2.41. The van der Waals surface area contributed by atoms with Gasteiger partial charge >= 0.3 is 36.8 Å². The molecule has 0 bridgehead atoms. The predicted octanol–water partition coefficient (Wildman–Crippen LogP) is 7.52. The third-order valence-corrected chi connectivity index (χ3v) is 12.5. The molecule has 0 aliphatic carbocycles. The molecule has 57 heavy (non-hydrogen) atoms. The molecule has 0 radical (unpaired) electrons. The molecule has 3 aliphatic heterocycles. The summed E-state index contributed by atoms with van der Waals surface area (Å²) in [5, 5.41) is 0. The highest BCUT2D eigenvalue weighted by atomic mass is 32.2. The maximum absolute atomic E-state index is 12.2. The minimum absolute atomic E-state index is 0.194. The molecule has 0 amide bonds. The molecule has 2 aromatic carbocycles. The topological polar surface area (TPSA) is 133 Å². The van der Waals surface area contributed by atoms with Crippen molar-refractivity contribution in [1.82, 2.24) is 0 Å². The molecule has 0 spiro atoms. The average molecular weight is 824 g/mol. The predicted molar refractivity (Wildman–Crippen MR) is 215 cm³/mol. The van der Waals surface area contributed by atoms with Crippen molar-refractivity contribution in [2.24, 2.45) is 0 Å². The van der Waals surface area contributed by atoms with E-state index in [2.05, 4.69) is 17.2 Å². The molecule has 11 nitrogen and oxygen atoms in total. The van der Waals surface area contributed by atoms with E-state index >= 15 is 0 Å². The Morgan fingerprint density at radius 1 is 0.596 bits per heavy atom. The summed E-state index contributed by atoms with van der Waals surface area (Å²) in [5.41, 5.74) is -3.33. The van der Waals surface area contributed by atoms with Crippen LogP contribution in [0.3, 0.4) is 0 Å². The minimum atomic E-state index is -5.78. The Morgan fingerprint density at radius 2 is 0.930 bits per heavy atom. The van der Waals surface area contributed by atoms with Crippen LogP contribution in [-0.4, -0.2) is 81.2 Å². The molecule has 18 heteroatoms. The van der Waals surface area contributed by atoms with E-state index in [1.165, 1.54) is 0 Å². The van der Waals surface area contributed by atoms with Gasteiger partial charge in [0, 0.05) is 5.56 Å². The van der Waals surface area contributed by atoms with Crippen LogP contribution in [0.25, 0.3) is 0 Å². The van der Waals surface area contributed by atoms with E-state index in [4.69, 9.17) is 27.9 Å². The Labute approximate surface area is 337 Å². The molecule has 3 fully saturated rings. The van der Waals surface area contributed by atoms with Crippen molar-refractivity contribution in [1.29, 1.82) is 0 Å². The summed E-state index contributed by atoms with van der Waals surface area (Å²) in [7, 11) is -7.22. The van der Waals surface area contributed by atoms with E-state index in [-0.39, 0.29) is 34.3 Å². The van der Waals surface area contributed by atoms with E-state index in [0.29, 0.717) is 23.1 Å². The van der Waals surface area contributed by atoms with Gasteiger partial charge in [0.05, 0.1) is 39.2 Å². The molecular formula is C39H58B3F3O11S. The smallest absolute Gasteiger partial charge is 0.405 e. The van der Waals surface area contributed by atoms with Crippen LogP contribution in [0.2, 0.25) is 0 Å². The van der Waals surface area contributed by atoms with Crippen LogP contribution in [0, 0.1) is 13.8 Å². The zero-order valence-corrected chi connectivity index (χ0v) is 37.0. The fourth-order valence-electron chi connectivity index (χ4n) is 6.00. The molecule has 0 unspecified atom stereocenters. The maximum atomic E-state index is 12.2. The number of alkyl halides is 3. The highest BCUT2D eigenvalue weighted by molar-refractivity contribution is 7.88. The molecule has 3 saturated heterocycles. The highest BCUT2D eigenvalue weighted by Gasteiger charge is 2.63. The molecule has 0 atom stereocenters. The maximum Gasteiger partial charge on any atom is 0.534 e. The second-order valence-corrected chi connectivity index (χ2v) is 19.1. The summed E-state index contributed by atoms with van der Waals surface area (Å²) in [6, 6.07) is 6.70. The third kappa shape index (κ3) is 10.4. The van der Waals surface area contributed by atoms with Gasteiger partial charge in [0.25, 0.3) is 0 Å². The number of aryl methyl sites for hydroxylation is 4. The van der Waals surface area contributed by atoms with Crippen LogP contribution >= 0.6 is 0 Å². The largest absolute Gasteiger partial charge is 0.534 e. The van der Waals surface area contributed by atoms with Crippen LogP contribution in [-0.2, 0) is 50.9 Å². The van der Waals surface area contributed by atoms with Gasteiger partial charge in [-0.3, -0.25) is 9.59 Å². The number of hydrogen-bond acceptors (Lipinski definition) is 11. The third-order valence-electron chi connectivity index (χ3n) is 11.6.